The molecule has 2 rings (SSSR count). The van der Waals surface area contributed by atoms with Crippen LogP contribution in [0.2, 0.25) is 5.02 Å². The van der Waals surface area contributed by atoms with Crippen LogP contribution in [0.1, 0.15) is 15.9 Å². The van der Waals surface area contributed by atoms with E-state index in [4.69, 9.17) is 23.8 Å². The molecule has 0 saturated heterocycles. The lowest BCUT2D eigenvalue weighted by molar-refractivity contribution is -0.384. The number of nitro groups is 1. The molecule has 138 valence electrons. The highest BCUT2D eigenvalue weighted by Gasteiger charge is 2.12. The van der Waals surface area contributed by atoms with E-state index in [1.165, 1.54) is 48.8 Å². The maximum absolute atomic E-state index is 11.8. The number of pyridine rings is 1. The molecule has 0 aliphatic rings. The standard InChI is InChI=1S/C16H12ClN5O4S/c17-12-3-1-10(9-13(12)22(25)26)2-4-14(23)19-16(27)21-20-15(24)11-5-7-18-8-6-11/h1-9H,(H,20,24)(H2,19,21,23,27). The van der Waals surface area contributed by atoms with Crippen molar-refractivity contribution in [2.45, 2.75) is 0 Å². The molecular weight excluding hydrogens is 394 g/mol. The molecule has 1 heterocycles. The van der Waals surface area contributed by atoms with E-state index >= 15 is 0 Å². The third-order valence-electron chi connectivity index (χ3n) is 3.06. The first-order valence-corrected chi connectivity index (χ1v) is 8.09. The molecule has 1 aromatic carbocycles. The molecule has 9 nitrogen and oxygen atoms in total. The van der Waals surface area contributed by atoms with Gasteiger partial charge in [-0.25, -0.2) is 0 Å². The molecule has 0 saturated carbocycles. The molecule has 0 bridgehead atoms. The highest BCUT2D eigenvalue weighted by Crippen LogP contribution is 2.25. The summed E-state index contributed by atoms with van der Waals surface area (Å²) in [5, 5.41) is 13.0. The Morgan fingerprint density at radius 1 is 1.19 bits per heavy atom. The van der Waals surface area contributed by atoms with Crippen molar-refractivity contribution in [3.63, 3.8) is 0 Å². The molecule has 0 radical (unpaired) electrons. The van der Waals surface area contributed by atoms with Crippen molar-refractivity contribution < 1.29 is 14.5 Å². The van der Waals surface area contributed by atoms with E-state index in [0.717, 1.165) is 6.08 Å². The quantitative estimate of drug-likeness (QED) is 0.307. The average Bonchev–Trinajstić information content (AvgIpc) is 2.66. The SMILES string of the molecule is O=C(C=Cc1ccc(Cl)c([N+](=O)[O-])c1)NC(=S)NNC(=O)c1ccncc1. The fourth-order valence-electron chi connectivity index (χ4n) is 1.82. The third kappa shape index (κ3) is 6.13. The molecule has 0 fully saturated rings. The van der Waals surface area contributed by atoms with Crippen LogP contribution in [0.3, 0.4) is 0 Å². The van der Waals surface area contributed by atoms with Gasteiger partial charge in [0, 0.05) is 30.1 Å². The maximum Gasteiger partial charge on any atom is 0.288 e. The van der Waals surface area contributed by atoms with Crippen LogP contribution in [0, 0.1) is 10.1 Å². The normalized spacial score (nSPS) is 10.3. The molecule has 2 amide bonds. The number of hydrogen-bond acceptors (Lipinski definition) is 6. The minimum atomic E-state index is -0.621. The van der Waals surface area contributed by atoms with Gasteiger partial charge in [0.25, 0.3) is 11.6 Å². The van der Waals surface area contributed by atoms with E-state index in [9.17, 15) is 19.7 Å². The van der Waals surface area contributed by atoms with Crippen molar-refractivity contribution in [3.8, 4) is 0 Å². The molecule has 1 aromatic heterocycles. The van der Waals surface area contributed by atoms with Crippen molar-refractivity contribution in [1.29, 1.82) is 0 Å². The Hall–Kier alpha value is -3.37. The zero-order valence-electron chi connectivity index (χ0n) is 13.5. The summed E-state index contributed by atoms with van der Waals surface area (Å²) in [6.07, 6.45) is 5.41. The summed E-state index contributed by atoms with van der Waals surface area (Å²) in [5.74, 6) is -1.05. The Bertz CT molecular complexity index is 920. The zero-order chi connectivity index (χ0) is 19.8. The van der Waals surface area contributed by atoms with Crippen LogP contribution in [0.4, 0.5) is 5.69 Å². The molecule has 0 spiro atoms. The van der Waals surface area contributed by atoms with Gasteiger partial charge in [-0.1, -0.05) is 17.7 Å². The predicted octanol–water partition coefficient (Wildman–Crippen LogP) is 1.99. The summed E-state index contributed by atoms with van der Waals surface area (Å²) in [7, 11) is 0. The van der Waals surface area contributed by atoms with Crippen LogP contribution in [-0.4, -0.2) is 26.8 Å². The first kappa shape index (κ1) is 19.9. The fourth-order valence-corrected chi connectivity index (χ4v) is 2.16. The number of benzene rings is 1. The molecule has 0 aliphatic carbocycles. The Labute approximate surface area is 163 Å². The van der Waals surface area contributed by atoms with Gasteiger partial charge in [0.1, 0.15) is 5.02 Å². The van der Waals surface area contributed by atoms with Gasteiger partial charge < -0.3 is 0 Å². The second-order valence-electron chi connectivity index (χ2n) is 4.93. The number of nitrogens with zero attached hydrogens (tertiary/aromatic N) is 2. The van der Waals surface area contributed by atoms with Gasteiger partial charge in [-0.3, -0.25) is 40.9 Å². The van der Waals surface area contributed by atoms with Gasteiger partial charge in [0.2, 0.25) is 5.91 Å². The van der Waals surface area contributed by atoms with Crippen molar-refractivity contribution >= 4 is 52.5 Å². The Balaban J connectivity index is 1.87. The first-order chi connectivity index (χ1) is 12.9. The van der Waals surface area contributed by atoms with E-state index in [-0.39, 0.29) is 15.8 Å². The Morgan fingerprint density at radius 2 is 1.89 bits per heavy atom. The van der Waals surface area contributed by atoms with Gasteiger partial charge in [-0.2, -0.15) is 0 Å². The first-order valence-electron chi connectivity index (χ1n) is 7.30. The molecular formula is C16H12ClN5O4S. The van der Waals surface area contributed by atoms with E-state index in [1.54, 1.807) is 0 Å². The topological polar surface area (TPSA) is 126 Å². The van der Waals surface area contributed by atoms with Crippen molar-refractivity contribution in [1.82, 2.24) is 21.2 Å². The van der Waals surface area contributed by atoms with Gasteiger partial charge in [0.05, 0.1) is 4.92 Å². The number of hydrogen-bond donors (Lipinski definition) is 3. The van der Waals surface area contributed by atoms with Crippen molar-refractivity contribution in [2.75, 3.05) is 0 Å². The number of carbonyl (C=O) groups is 2. The monoisotopic (exact) mass is 405 g/mol. The van der Waals surface area contributed by atoms with Gasteiger partial charge in [-0.05, 0) is 42.1 Å². The molecule has 27 heavy (non-hydrogen) atoms. The second-order valence-corrected chi connectivity index (χ2v) is 5.75. The maximum atomic E-state index is 11.8. The predicted molar refractivity (Wildman–Crippen MR) is 103 cm³/mol. The summed E-state index contributed by atoms with van der Waals surface area (Å²) in [5.41, 5.74) is 5.20. The number of nitro benzene ring substituents is 1. The van der Waals surface area contributed by atoms with Gasteiger partial charge >= 0.3 is 0 Å². The van der Waals surface area contributed by atoms with E-state index < -0.39 is 16.7 Å². The zero-order valence-corrected chi connectivity index (χ0v) is 15.1. The van der Waals surface area contributed by atoms with Crippen LogP contribution in [0.15, 0.2) is 48.8 Å². The van der Waals surface area contributed by atoms with E-state index in [2.05, 4.69) is 21.2 Å². The number of aromatic nitrogens is 1. The number of nitrogens with one attached hydrogen (secondary N) is 3. The van der Waals surface area contributed by atoms with Gasteiger partial charge in [0.15, 0.2) is 5.11 Å². The summed E-state index contributed by atoms with van der Waals surface area (Å²) in [6, 6.07) is 7.12. The Morgan fingerprint density at radius 3 is 2.56 bits per heavy atom. The lowest BCUT2D eigenvalue weighted by Gasteiger charge is -2.09. The molecule has 0 aliphatic heterocycles. The number of halogens is 1. The molecule has 2 aromatic rings. The summed E-state index contributed by atoms with van der Waals surface area (Å²) in [6.45, 7) is 0. The largest absolute Gasteiger partial charge is 0.298 e. The van der Waals surface area contributed by atoms with Crippen LogP contribution in [0.5, 0.6) is 0 Å². The summed E-state index contributed by atoms with van der Waals surface area (Å²) in [4.78, 5) is 37.6. The fraction of sp³-hybridized carbons (Fsp3) is 0. The summed E-state index contributed by atoms with van der Waals surface area (Å²) < 4.78 is 0. The minimum Gasteiger partial charge on any atom is -0.298 e. The highest BCUT2D eigenvalue weighted by molar-refractivity contribution is 7.80. The molecule has 0 unspecified atom stereocenters. The molecule has 11 heteroatoms. The van der Waals surface area contributed by atoms with E-state index in [0.29, 0.717) is 11.1 Å². The number of thiocarbonyl (C=S) groups is 1. The Kier molecular flexibility index (Phi) is 6.92. The lowest BCUT2D eigenvalue weighted by atomic mass is 10.2. The van der Waals surface area contributed by atoms with Crippen LogP contribution in [0.25, 0.3) is 6.08 Å². The number of carbonyl (C=O) groups excluding carboxylic acids is 2. The smallest absolute Gasteiger partial charge is 0.288 e. The van der Waals surface area contributed by atoms with Crippen molar-refractivity contribution in [3.05, 3.63) is 75.1 Å². The molecule has 3 N–H and O–H groups in total. The van der Waals surface area contributed by atoms with Crippen molar-refractivity contribution in [2.24, 2.45) is 0 Å². The number of amides is 2. The average molecular weight is 406 g/mol. The van der Waals surface area contributed by atoms with Gasteiger partial charge in [-0.15, -0.1) is 0 Å². The summed E-state index contributed by atoms with van der Waals surface area (Å²) >= 11 is 10.6. The molecule has 0 atom stereocenters. The second kappa shape index (κ2) is 9.36. The van der Waals surface area contributed by atoms with Crippen LogP contribution < -0.4 is 16.2 Å². The highest BCUT2D eigenvalue weighted by atomic mass is 35.5. The van der Waals surface area contributed by atoms with Crippen LogP contribution in [-0.2, 0) is 4.79 Å². The number of hydrazine groups is 1. The third-order valence-corrected chi connectivity index (χ3v) is 3.59. The van der Waals surface area contributed by atoms with Crippen LogP contribution >= 0.6 is 23.8 Å². The lowest BCUT2D eigenvalue weighted by Crippen LogP contribution is -2.48. The van der Waals surface area contributed by atoms with E-state index in [1.807, 2.05) is 0 Å². The number of rotatable bonds is 4. The minimum absolute atomic E-state index is 0.00285.